The zero-order valence-electron chi connectivity index (χ0n) is 12.0. The molecule has 0 spiro atoms. The number of nitrogens with two attached hydrogens (primary N) is 1. The third-order valence-electron chi connectivity index (χ3n) is 3.49. The minimum atomic E-state index is 0.194. The van der Waals surface area contributed by atoms with Crippen LogP contribution in [0.4, 0.5) is 0 Å². The van der Waals surface area contributed by atoms with Gasteiger partial charge in [0.25, 0.3) is 0 Å². The van der Waals surface area contributed by atoms with Crippen molar-refractivity contribution < 1.29 is 4.79 Å². The van der Waals surface area contributed by atoms with Crippen LogP contribution in [0.5, 0.6) is 0 Å². The highest BCUT2D eigenvalue weighted by Crippen LogP contribution is 2.15. The molecule has 0 radical (unpaired) electrons. The molecule has 1 aromatic rings. The van der Waals surface area contributed by atoms with Crippen molar-refractivity contribution in [2.75, 3.05) is 13.6 Å². The first-order valence-corrected chi connectivity index (χ1v) is 7.00. The summed E-state index contributed by atoms with van der Waals surface area (Å²) in [5, 5.41) is 0. The van der Waals surface area contributed by atoms with Crippen LogP contribution in [0.2, 0.25) is 0 Å². The van der Waals surface area contributed by atoms with E-state index in [1.807, 2.05) is 19.2 Å². The van der Waals surface area contributed by atoms with Crippen molar-refractivity contribution in [1.82, 2.24) is 9.88 Å². The quantitative estimate of drug-likeness (QED) is 0.782. The Morgan fingerprint density at radius 3 is 2.84 bits per heavy atom. The Balaban J connectivity index is 2.36. The molecule has 0 aliphatic heterocycles. The van der Waals surface area contributed by atoms with Gasteiger partial charge in [-0.15, -0.1) is 0 Å². The van der Waals surface area contributed by atoms with Gasteiger partial charge in [0.05, 0.1) is 0 Å². The number of rotatable bonds is 8. The van der Waals surface area contributed by atoms with Gasteiger partial charge in [-0.1, -0.05) is 19.4 Å². The number of hydrogen-bond acceptors (Lipinski definition) is 3. The molecule has 1 rings (SSSR count). The number of nitrogens with zero attached hydrogens (tertiary/aromatic N) is 2. The van der Waals surface area contributed by atoms with Crippen molar-refractivity contribution in [2.24, 2.45) is 11.7 Å². The van der Waals surface area contributed by atoms with Crippen molar-refractivity contribution in [3.63, 3.8) is 0 Å². The summed E-state index contributed by atoms with van der Waals surface area (Å²) in [6, 6.07) is 3.88. The molecule has 0 fully saturated rings. The van der Waals surface area contributed by atoms with Gasteiger partial charge in [-0.3, -0.25) is 9.78 Å². The van der Waals surface area contributed by atoms with E-state index in [0.717, 1.165) is 24.8 Å². The summed E-state index contributed by atoms with van der Waals surface area (Å²) in [5.41, 5.74) is 6.63. The lowest BCUT2D eigenvalue weighted by molar-refractivity contribution is -0.130. The molecule has 0 aliphatic carbocycles. The van der Waals surface area contributed by atoms with E-state index >= 15 is 0 Å². The first-order valence-electron chi connectivity index (χ1n) is 7.00. The molecule has 106 valence electrons. The average Bonchev–Trinajstić information content (AvgIpc) is 2.44. The third-order valence-corrected chi connectivity index (χ3v) is 3.49. The van der Waals surface area contributed by atoms with Gasteiger partial charge in [-0.2, -0.15) is 0 Å². The Kier molecular flexibility index (Phi) is 7.11. The van der Waals surface area contributed by atoms with E-state index in [1.165, 1.54) is 0 Å². The fourth-order valence-corrected chi connectivity index (χ4v) is 2.16. The second-order valence-electron chi connectivity index (χ2n) is 5.00. The second kappa shape index (κ2) is 8.64. The molecule has 0 aliphatic rings. The molecule has 4 nitrogen and oxygen atoms in total. The molecule has 1 amide bonds. The molecule has 19 heavy (non-hydrogen) atoms. The predicted octanol–water partition coefficient (Wildman–Crippen LogP) is 2.20. The third kappa shape index (κ3) is 5.83. The lowest BCUT2D eigenvalue weighted by atomic mass is 9.96. The van der Waals surface area contributed by atoms with Crippen LogP contribution in [0, 0.1) is 5.92 Å². The fourth-order valence-electron chi connectivity index (χ4n) is 2.16. The topological polar surface area (TPSA) is 59.2 Å². The number of carbonyl (C=O) groups excluding carboxylic acids is 1. The summed E-state index contributed by atoms with van der Waals surface area (Å²) >= 11 is 0. The van der Waals surface area contributed by atoms with Crippen molar-refractivity contribution in [1.29, 1.82) is 0 Å². The van der Waals surface area contributed by atoms with Gasteiger partial charge in [-0.05, 0) is 36.9 Å². The van der Waals surface area contributed by atoms with Gasteiger partial charge in [0.15, 0.2) is 0 Å². The van der Waals surface area contributed by atoms with E-state index in [-0.39, 0.29) is 5.91 Å². The highest BCUT2D eigenvalue weighted by atomic mass is 16.2. The maximum absolute atomic E-state index is 12.0. The minimum Gasteiger partial charge on any atom is -0.341 e. The summed E-state index contributed by atoms with van der Waals surface area (Å²) in [7, 11) is 1.85. The monoisotopic (exact) mass is 263 g/mol. The SMILES string of the molecule is CCC(CCN)CCC(=O)N(C)Cc1cccnc1. The Hall–Kier alpha value is -1.42. The van der Waals surface area contributed by atoms with E-state index in [1.54, 1.807) is 17.3 Å². The Morgan fingerprint density at radius 2 is 2.26 bits per heavy atom. The van der Waals surface area contributed by atoms with Gasteiger partial charge >= 0.3 is 0 Å². The largest absolute Gasteiger partial charge is 0.341 e. The average molecular weight is 263 g/mol. The van der Waals surface area contributed by atoms with Crippen LogP contribution in [0.25, 0.3) is 0 Å². The standard InChI is InChI=1S/C15H25N3O/c1-3-13(8-9-16)6-7-15(19)18(2)12-14-5-4-10-17-11-14/h4-5,10-11,13H,3,6-9,12,16H2,1-2H3. The van der Waals surface area contributed by atoms with Crippen LogP contribution in [0.1, 0.15) is 38.2 Å². The van der Waals surface area contributed by atoms with Crippen LogP contribution < -0.4 is 5.73 Å². The smallest absolute Gasteiger partial charge is 0.222 e. The lowest BCUT2D eigenvalue weighted by Crippen LogP contribution is -2.26. The van der Waals surface area contributed by atoms with Crippen molar-refractivity contribution in [3.8, 4) is 0 Å². The molecule has 0 saturated heterocycles. The lowest BCUT2D eigenvalue weighted by Gasteiger charge is -2.19. The summed E-state index contributed by atoms with van der Waals surface area (Å²) in [4.78, 5) is 17.9. The van der Waals surface area contributed by atoms with E-state index in [9.17, 15) is 4.79 Å². The maximum atomic E-state index is 12.0. The van der Waals surface area contributed by atoms with Crippen molar-refractivity contribution in [2.45, 2.75) is 39.2 Å². The van der Waals surface area contributed by atoms with E-state index in [4.69, 9.17) is 5.73 Å². The minimum absolute atomic E-state index is 0.194. The molecule has 0 saturated carbocycles. The molecule has 1 heterocycles. The highest BCUT2D eigenvalue weighted by molar-refractivity contribution is 5.75. The van der Waals surface area contributed by atoms with Crippen LogP contribution >= 0.6 is 0 Å². The van der Waals surface area contributed by atoms with E-state index in [0.29, 0.717) is 25.4 Å². The van der Waals surface area contributed by atoms with Gasteiger partial charge in [0.2, 0.25) is 5.91 Å². The number of carbonyl (C=O) groups is 1. The zero-order valence-corrected chi connectivity index (χ0v) is 12.0. The number of pyridine rings is 1. The summed E-state index contributed by atoms with van der Waals surface area (Å²) in [5.74, 6) is 0.764. The molecule has 1 atom stereocenters. The first-order chi connectivity index (χ1) is 9.17. The molecule has 0 aromatic carbocycles. The van der Waals surface area contributed by atoms with Crippen molar-refractivity contribution >= 4 is 5.91 Å². The molecule has 1 unspecified atom stereocenters. The van der Waals surface area contributed by atoms with Crippen LogP contribution in [-0.2, 0) is 11.3 Å². The van der Waals surface area contributed by atoms with Crippen molar-refractivity contribution in [3.05, 3.63) is 30.1 Å². The van der Waals surface area contributed by atoms with Gasteiger partial charge in [-0.25, -0.2) is 0 Å². The maximum Gasteiger partial charge on any atom is 0.222 e. The molecule has 2 N–H and O–H groups in total. The summed E-state index contributed by atoms with van der Waals surface area (Å²) in [6.45, 7) is 3.49. The first kappa shape index (κ1) is 15.6. The zero-order chi connectivity index (χ0) is 14.1. The molecule has 0 bridgehead atoms. The van der Waals surface area contributed by atoms with Gasteiger partial charge < -0.3 is 10.6 Å². The summed E-state index contributed by atoms with van der Waals surface area (Å²) < 4.78 is 0. The van der Waals surface area contributed by atoms with E-state index < -0.39 is 0 Å². The van der Waals surface area contributed by atoms with Gasteiger partial charge in [0.1, 0.15) is 0 Å². The molecular weight excluding hydrogens is 238 g/mol. The Morgan fingerprint density at radius 1 is 1.47 bits per heavy atom. The van der Waals surface area contributed by atoms with Crippen LogP contribution in [-0.4, -0.2) is 29.4 Å². The summed E-state index contributed by atoms with van der Waals surface area (Å²) in [6.07, 6.45) is 7.18. The van der Waals surface area contributed by atoms with Crippen LogP contribution in [0.15, 0.2) is 24.5 Å². The molecule has 1 aromatic heterocycles. The Labute approximate surface area is 116 Å². The Bertz CT molecular complexity index is 367. The fraction of sp³-hybridized carbons (Fsp3) is 0.600. The predicted molar refractivity (Wildman–Crippen MR) is 77.4 cm³/mol. The molecular formula is C15H25N3O. The number of aromatic nitrogens is 1. The van der Waals surface area contributed by atoms with Gasteiger partial charge in [0, 0.05) is 32.4 Å². The highest BCUT2D eigenvalue weighted by Gasteiger charge is 2.12. The number of amides is 1. The normalized spacial score (nSPS) is 12.2. The second-order valence-corrected chi connectivity index (χ2v) is 5.00. The molecule has 4 heteroatoms. The number of hydrogen-bond donors (Lipinski definition) is 1. The van der Waals surface area contributed by atoms with E-state index in [2.05, 4.69) is 11.9 Å². The van der Waals surface area contributed by atoms with Crippen LogP contribution in [0.3, 0.4) is 0 Å².